The van der Waals surface area contributed by atoms with Gasteiger partial charge in [0.05, 0.1) is 6.61 Å². The van der Waals surface area contributed by atoms with Crippen LogP contribution in [0.2, 0.25) is 19.1 Å². The van der Waals surface area contributed by atoms with Crippen molar-refractivity contribution < 1.29 is 9.53 Å². The summed E-state index contributed by atoms with van der Waals surface area (Å²) >= 11 is 6.34. The number of allylic oxidation sites excluding steroid dienone is 1. The van der Waals surface area contributed by atoms with E-state index >= 15 is 0 Å². The fourth-order valence-electron chi connectivity index (χ4n) is 3.30. The zero-order valence-corrected chi connectivity index (χ0v) is 20.1. The van der Waals surface area contributed by atoms with Gasteiger partial charge in [-0.2, -0.15) is 11.1 Å². The maximum atomic E-state index is 11.1. The van der Waals surface area contributed by atoms with Crippen LogP contribution in [0.25, 0.3) is 0 Å². The van der Waals surface area contributed by atoms with Crippen LogP contribution in [0.1, 0.15) is 103 Å². The van der Waals surface area contributed by atoms with Gasteiger partial charge in [0.15, 0.2) is 0 Å². The molecule has 0 amide bonds. The first kappa shape index (κ1) is 26.7. The first-order valence-corrected chi connectivity index (χ1v) is 15.7. The molecule has 0 spiro atoms. The zero-order chi connectivity index (χ0) is 20.2. The molecule has 0 fully saturated rings. The SMILES string of the molecule is CC=CC(=O)OCCCCCCCCCCCCCCCCC[Si](C)(C)Cl. The van der Waals surface area contributed by atoms with Gasteiger partial charge < -0.3 is 4.74 Å². The van der Waals surface area contributed by atoms with Gasteiger partial charge in [0.1, 0.15) is 7.38 Å². The molecule has 0 aromatic carbocycles. The van der Waals surface area contributed by atoms with Crippen LogP contribution < -0.4 is 0 Å². The number of hydrogen-bond donors (Lipinski definition) is 0. The highest BCUT2D eigenvalue weighted by molar-refractivity contribution is 7.19. The predicted octanol–water partition coefficient (Wildman–Crippen LogP) is 8.40. The van der Waals surface area contributed by atoms with Crippen LogP contribution >= 0.6 is 11.1 Å². The van der Waals surface area contributed by atoms with Crippen molar-refractivity contribution >= 4 is 24.4 Å². The van der Waals surface area contributed by atoms with Crippen molar-refractivity contribution in [3.05, 3.63) is 12.2 Å². The molecule has 2 nitrogen and oxygen atoms in total. The minimum Gasteiger partial charge on any atom is -0.463 e. The molecule has 0 aromatic heterocycles. The maximum absolute atomic E-state index is 11.1. The van der Waals surface area contributed by atoms with E-state index in [1.807, 2.05) is 6.92 Å². The number of carbonyl (C=O) groups is 1. The van der Waals surface area contributed by atoms with Gasteiger partial charge in [0.2, 0.25) is 0 Å². The molecule has 0 N–H and O–H groups in total. The molecule has 0 radical (unpaired) electrons. The normalized spacial score (nSPS) is 12.0. The average Bonchev–Trinajstić information content (AvgIpc) is 2.60. The van der Waals surface area contributed by atoms with Crippen molar-refractivity contribution in [1.29, 1.82) is 0 Å². The quantitative estimate of drug-likeness (QED) is 0.0694. The minimum atomic E-state index is -1.32. The number of unbranched alkanes of at least 4 members (excludes halogenated alkanes) is 14. The molecule has 0 bridgehead atoms. The Kier molecular flexibility index (Phi) is 18.9. The first-order chi connectivity index (χ1) is 13.0. The fraction of sp³-hybridized carbons (Fsp3) is 0.870. The van der Waals surface area contributed by atoms with E-state index in [0.717, 1.165) is 6.42 Å². The standard InChI is InChI=1S/C23H45ClO2Si/c1-4-20-23(25)26-21-18-16-14-12-10-8-6-5-7-9-11-13-15-17-19-22-27(2,3)24/h4,20H,5-19,21-22H2,1-3H3. The third-order valence-corrected chi connectivity index (χ3v) is 7.07. The molecule has 160 valence electrons. The number of carbonyl (C=O) groups excluding carboxylic acids is 1. The van der Waals surface area contributed by atoms with Crippen molar-refractivity contribution in [2.45, 2.75) is 122 Å². The van der Waals surface area contributed by atoms with Crippen LogP contribution in [-0.4, -0.2) is 20.0 Å². The molecule has 0 aromatic rings. The molecule has 0 atom stereocenters. The van der Waals surface area contributed by atoms with Crippen LogP contribution in [0, 0.1) is 0 Å². The van der Waals surface area contributed by atoms with Gasteiger partial charge in [0, 0.05) is 6.08 Å². The molecule has 0 aliphatic heterocycles. The Hall–Kier alpha value is -0.283. The lowest BCUT2D eigenvalue weighted by Crippen LogP contribution is -2.14. The number of ether oxygens (including phenoxy) is 1. The van der Waals surface area contributed by atoms with Crippen LogP contribution in [-0.2, 0) is 9.53 Å². The van der Waals surface area contributed by atoms with E-state index in [-0.39, 0.29) is 5.97 Å². The van der Waals surface area contributed by atoms with Crippen molar-refractivity contribution in [2.75, 3.05) is 6.61 Å². The van der Waals surface area contributed by atoms with Crippen LogP contribution in [0.15, 0.2) is 12.2 Å². The topological polar surface area (TPSA) is 26.3 Å². The van der Waals surface area contributed by atoms with Gasteiger partial charge in [0.25, 0.3) is 0 Å². The van der Waals surface area contributed by atoms with Gasteiger partial charge >= 0.3 is 5.97 Å². The highest BCUT2D eigenvalue weighted by Gasteiger charge is 2.15. The van der Waals surface area contributed by atoms with Crippen molar-refractivity contribution in [3.8, 4) is 0 Å². The van der Waals surface area contributed by atoms with Crippen molar-refractivity contribution in [2.24, 2.45) is 0 Å². The molecule has 4 heteroatoms. The molecule has 27 heavy (non-hydrogen) atoms. The second-order valence-electron chi connectivity index (χ2n) is 8.44. The van der Waals surface area contributed by atoms with Gasteiger partial charge in [-0.1, -0.05) is 109 Å². The Morgan fingerprint density at radius 1 is 0.741 bits per heavy atom. The van der Waals surface area contributed by atoms with Gasteiger partial charge in [-0.05, 0) is 19.4 Å². The summed E-state index contributed by atoms with van der Waals surface area (Å²) in [5.74, 6) is -0.214. The third-order valence-electron chi connectivity index (χ3n) is 4.96. The van der Waals surface area contributed by atoms with E-state index in [0.29, 0.717) is 6.61 Å². The summed E-state index contributed by atoms with van der Waals surface area (Å²) in [4.78, 5) is 11.1. The molecular formula is C23H45ClO2Si. The second-order valence-corrected chi connectivity index (χ2v) is 15.4. The van der Waals surface area contributed by atoms with E-state index in [4.69, 9.17) is 15.8 Å². The third kappa shape index (κ3) is 23.7. The monoisotopic (exact) mass is 416 g/mol. The predicted molar refractivity (Wildman–Crippen MR) is 123 cm³/mol. The first-order valence-electron chi connectivity index (χ1n) is 11.4. The van der Waals surface area contributed by atoms with Gasteiger partial charge in [-0.25, -0.2) is 4.79 Å². The molecule has 0 unspecified atom stereocenters. The number of esters is 1. The van der Waals surface area contributed by atoms with Crippen LogP contribution in [0.4, 0.5) is 0 Å². The number of halogens is 1. The maximum Gasteiger partial charge on any atom is 0.330 e. The summed E-state index contributed by atoms with van der Waals surface area (Å²) < 4.78 is 5.09. The lowest BCUT2D eigenvalue weighted by Gasteiger charge is -2.11. The number of rotatable bonds is 19. The summed E-state index contributed by atoms with van der Waals surface area (Å²) in [6.45, 7) is 6.89. The van der Waals surface area contributed by atoms with E-state index in [2.05, 4.69) is 13.1 Å². The number of hydrogen-bond acceptors (Lipinski definition) is 2. The van der Waals surface area contributed by atoms with Crippen molar-refractivity contribution in [1.82, 2.24) is 0 Å². The van der Waals surface area contributed by atoms with Crippen molar-refractivity contribution in [3.63, 3.8) is 0 Å². The zero-order valence-electron chi connectivity index (χ0n) is 18.4. The van der Waals surface area contributed by atoms with Gasteiger partial charge in [-0.15, -0.1) is 0 Å². The lowest BCUT2D eigenvalue weighted by atomic mass is 10.0. The highest BCUT2D eigenvalue weighted by Crippen LogP contribution is 2.19. The lowest BCUT2D eigenvalue weighted by molar-refractivity contribution is -0.137. The molecule has 0 aliphatic carbocycles. The second kappa shape index (κ2) is 19.1. The molecule has 0 saturated carbocycles. The smallest absolute Gasteiger partial charge is 0.330 e. The summed E-state index contributed by atoms with van der Waals surface area (Å²) in [6.07, 6.45) is 23.3. The Morgan fingerprint density at radius 3 is 1.48 bits per heavy atom. The van der Waals surface area contributed by atoms with Gasteiger partial charge in [-0.3, -0.25) is 0 Å². The minimum absolute atomic E-state index is 0.214. The molecule has 0 aliphatic rings. The summed E-state index contributed by atoms with van der Waals surface area (Å²) in [5, 5.41) is 0. The summed E-state index contributed by atoms with van der Waals surface area (Å²) in [7, 11) is -1.32. The largest absolute Gasteiger partial charge is 0.463 e. The van der Waals surface area contributed by atoms with E-state index in [9.17, 15) is 4.79 Å². The molecule has 0 saturated heterocycles. The van der Waals surface area contributed by atoms with E-state index < -0.39 is 7.38 Å². The summed E-state index contributed by atoms with van der Waals surface area (Å²) in [5.41, 5.74) is 0. The van der Waals surface area contributed by atoms with Crippen LogP contribution in [0.5, 0.6) is 0 Å². The molecular weight excluding hydrogens is 372 g/mol. The fourth-order valence-corrected chi connectivity index (χ4v) is 4.79. The summed E-state index contributed by atoms with van der Waals surface area (Å²) in [6, 6.07) is 1.28. The van der Waals surface area contributed by atoms with Crippen LogP contribution in [0.3, 0.4) is 0 Å². The Bertz CT molecular complexity index is 364. The molecule has 0 rings (SSSR count). The van der Waals surface area contributed by atoms with E-state index in [1.54, 1.807) is 6.08 Å². The molecule has 0 heterocycles. The highest BCUT2D eigenvalue weighted by atomic mass is 35.6. The van der Waals surface area contributed by atoms with E-state index in [1.165, 1.54) is 102 Å². The Morgan fingerprint density at radius 2 is 1.11 bits per heavy atom. The average molecular weight is 417 g/mol. The Balaban J connectivity index is 3.10. The Labute approximate surface area is 175 Å².